The normalized spacial score (nSPS) is 25.1. The minimum absolute atomic E-state index is 0.167. The van der Waals surface area contributed by atoms with E-state index in [1.54, 1.807) is 0 Å². The van der Waals surface area contributed by atoms with E-state index in [9.17, 15) is 20.1 Å². The Hall–Kier alpha value is -1.21. The lowest BCUT2D eigenvalue weighted by molar-refractivity contribution is -0.262. The maximum atomic E-state index is 11.8. The molecule has 29 heavy (non-hydrogen) atoms. The van der Waals surface area contributed by atoms with Crippen LogP contribution in [0.3, 0.4) is 0 Å². The zero-order chi connectivity index (χ0) is 21.3. The van der Waals surface area contributed by atoms with Gasteiger partial charge in [-0.3, -0.25) is 4.79 Å². The van der Waals surface area contributed by atoms with E-state index < -0.39 is 30.6 Å². The Bertz CT molecular complexity index is 476. The highest BCUT2D eigenvalue weighted by atomic mass is 16.7. The molecule has 6 nitrogen and oxygen atoms in total. The first-order chi connectivity index (χ1) is 14.1. The van der Waals surface area contributed by atoms with Crippen molar-refractivity contribution < 1.29 is 29.6 Å². The van der Waals surface area contributed by atoms with Gasteiger partial charge in [0.15, 0.2) is 0 Å². The molecule has 0 spiro atoms. The fourth-order valence-corrected chi connectivity index (χ4v) is 3.15. The molecule has 0 amide bonds. The van der Waals surface area contributed by atoms with Crippen molar-refractivity contribution >= 4 is 5.97 Å². The number of carbonyl (C=O) groups is 1. The van der Waals surface area contributed by atoms with Gasteiger partial charge >= 0.3 is 5.97 Å². The molecule has 4 atom stereocenters. The maximum absolute atomic E-state index is 11.8. The van der Waals surface area contributed by atoms with E-state index in [-0.39, 0.29) is 13.0 Å². The molecule has 0 saturated carbocycles. The monoisotopic (exact) mass is 412 g/mol. The summed E-state index contributed by atoms with van der Waals surface area (Å²) in [6, 6.07) is 0. The first-order valence-electron chi connectivity index (χ1n) is 11.2. The molecule has 1 rings (SSSR count). The third kappa shape index (κ3) is 12.2. The zero-order valence-electron chi connectivity index (χ0n) is 17.9. The lowest BCUT2D eigenvalue weighted by Crippen LogP contribution is -2.54. The SMILES string of the molecule is CCCCC/C=C\C/C=C\CCCCCCCC(=O)OC1OC[C@@H](O)[C@H](O)[C@H]1O. The summed E-state index contributed by atoms with van der Waals surface area (Å²) < 4.78 is 10.1. The molecule has 1 fully saturated rings. The van der Waals surface area contributed by atoms with Crippen LogP contribution in [0.25, 0.3) is 0 Å². The second-order valence-corrected chi connectivity index (χ2v) is 7.72. The van der Waals surface area contributed by atoms with Crippen LogP contribution in [-0.4, -0.2) is 52.5 Å². The Morgan fingerprint density at radius 3 is 2.21 bits per heavy atom. The van der Waals surface area contributed by atoms with Crippen LogP contribution < -0.4 is 0 Å². The first kappa shape index (κ1) is 25.8. The number of aliphatic hydroxyl groups is 3. The number of unbranched alkanes of at least 4 members (excludes halogenated alkanes) is 8. The van der Waals surface area contributed by atoms with Crippen molar-refractivity contribution in [2.75, 3.05) is 6.61 Å². The van der Waals surface area contributed by atoms with E-state index in [2.05, 4.69) is 31.2 Å². The second kappa shape index (κ2) is 16.6. The Labute approximate surface area is 175 Å². The molecule has 6 heteroatoms. The summed E-state index contributed by atoms with van der Waals surface area (Å²) in [5, 5.41) is 28.7. The van der Waals surface area contributed by atoms with Gasteiger partial charge in [0.2, 0.25) is 6.29 Å². The number of esters is 1. The van der Waals surface area contributed by atoms with E-state index in [0.29, 0.717) is 0 Å². The van der Waals surface area contributed by atoms with Crippen LogP contribution in [0.1, 0.15) is 84.0 Å². The van der Waals surface area contributed by atoms with Crippen molar-refractivity contribution in [1.29, 1.82) is 0 Å². The van der Waals surface area contributed by atoms with Gasteiger partial charge in [0.05, 0.1) is 6.61 Å². The van der Waals surface area contributed by atoms with Crippen molar-refractivity contribution in [2.45, 2.75) is 109 Å². The lowest BCUT2D eigenvalue weighted by Gasteiger charge is -2.34. The number of hydrogen-bond acceptors (Lipinski definition) is 6. The smallest absolute Gasteiger partial charge is 0.308 e. The van der Waals surface area contributed by atoms with Gasteiger partial charge in [0.1, 0.15) is 18.3 Å². The minimum Gasteiger partial charge on any atom is -0.433 e. The van der Waals surface area contributed by atoms with Crippen molar-refractivity contribution in [3.05, 3.63) is 24.3 Å². The summed E-state index contributed by atoms with van der Waals surface area (Å²) in [5.41, 5.74) is 0. The molecule has 1 saturated heterocycles. The van der Waals surface area contributed by atoms with Crippen LogP contribution in [0.2, 0.25) is 0 Å². The van der Waals surface area contributed by atoms with Crippen LogP contribution in [0, 0.1) is 0 Å². The molecule has 1 aliphatic rings. The third-order valence-corrected chi connectivity index (χ3v) is 5.03. The maximum Gasteiger partial charge on any atom is 0.308 e. The van der Waals surface area contributed by atoms with Gasteiger partial charge in [0.25, 0.3) is 0 Å². The molecule has 0 aliphatic carbocycles. The Morgan fingerprint density at radius 2 is 1.52 bits per heavy atom. The van der Waals surface area contributed by atoms with Gasteiger partial charge in [-0.2, -0.15) is 0 Å². The van der Waals surface area contributed by atoms with E-state index in [4.69, 9.17) is 9.47 Å². The first-order valence-corrected chi connectivity index (χ1v) is 11.2. The molecule has 0 aromatic carbocycles. The predicted molar refractivity (Wildman–Crippen MR) is 113 cm³/mol. The molecular weight excluding hydrogens is 372 g/mol. The van der Waals surface area contributed by atoms with Gasteiger partial charge in [-0.15, -0.1) is 0 Å². The van der Waals surface area contributed by atoms with Gasteiger partial charge in [0, 0.05) is 6.42 Å². The number of carbonyl (C=O) groups excluding carboxylic acids is 1. The van der Waals surface area contributed by atoms with Gasteiger partial charge in [-0.25, -0.2) is 0 Å². The second-order valence-electron chi connectivity index (χ2n) is 7.72. The molecule has 1 aliphatic heterocycles. The van der Waals surface area contributed by atoms with E-state index >= 15 is 0 Å². The number of allylic oxidation sites excluding steroid dienone is 4. The van der Waals surface area contributed by atoms with Crippen LogP contribution in [0.5, 0.6) is 0 Å². The Morgan fingerprint density at radius 1 is 0.897 bits per heavy atom. The van der Waals surface area contributed by atoms with E-state index in [1.807, 2.05) is 0 Å². The number of ether oxygens (including phenoxy) is 2. The molecule has 3 N–H and O–H groups in total. The molecule has 1 unspecified atom stereocenters. The summed E-state index contributed by atoms with van der Waals surface area (Å²) in [6.45, 7) is 2.06. The van der Waals surface area contributed by atoms with Crippen molar-refractivity contribution in [2.24, 2.45) is 0 Å². The molecule has 0 bridgehead atoms. The molecule has 1 heterocycles. The average Bonchev–Trinajstić information content (AvgIpc) is 2.71. The van der Waals surface area contributed by atoms with Crippen LogP contribution >= 0.6 is 0 Å². The summed E-state index contributed by atoms with van der Waals surface area (Å²) in [7, 11) is 0. The van der Waals surface area contributed by atoms with Crippen molar-refractivity contribution in [1.82, 2.24) is 0 Å². The zero-order valence-corrected chi connectivity index (χ0v) is 17.9. The number of hydrogen-bond donors (Lipinski definition) is 3. The van der Waals surface area contributed by atoms with E-state index in [1.165, 1.54) is 25.7 Å². The highest BCUT2D eigenvalue weighted by Crippen LogP contribution is 2.18. The highest BCUT2D eigenvalue weighted by Gasteiger charge is 2.39. The summed E-state index contributed by atoms with van der Waals surface area (Å²) >= 11 is 0. The fraction of sp³-hybridized carbons (Fsp3) is 0.783. The summed E-state index contributed by atoms with van der Waals surface area (Å²) in [4.78, 5) is 11.8. The highest BCUT2D eigenvalue weighted by molar-refractivity contribution is 5.69. The van der Waals surface area contributed by atoms with Crippen molar-refractivity contribution in [3.8, 4) is 0 Å². The topological polar surface area (TPSA) is 96.2 Å². The predicted octanol–water partition coefficient (Wildman–Crippen LogP) is 3.78. The Kier molecular flexibility index (Phi) is 14.8. The molecule has 0 aromatic rings. The van der Waals surface area contributed by atoms with E-state index in [0.717, 1.165) is 44.9 Å². The quantitative estimate of drug-likeness (QED) is 0.215. The van der Waals surface area contributed by atoms with Gasteiger partial charge in [-0.05, 0) is 38.5 Å². The largest absolute Gasteiger partial charge is 0.433 e. The standard InChI is InChI=1S/C23H40O6/c1-2-3-4-5-6-7-8-9-10-11-12-13-14-15-16-17-20(25)29-23-22(27)21(26)19(24)18-28-23/h6-7,9-10,19,21-24,26-27H,2-5,8,11-18H2,1H3/b7-6-,10-9-/t19-,21+,22-,23?/m1/s1. The Balaban J connectivity index is 1.94. The van der Waals surface area contributed by atoms with Crippen LogP contribution in [-0.2, 0) is 14.3 Å². The van der Waals surface area contributed by atoms with Crippen LogP contribution in [0.4, 0.5) is 0 Å². The number of rotatable bonds is 15. The van der Waals surface area contributed by atoms with Crippen LogP contribution in [0.15, 0.2) is 24.3 Å². The fourth-order valence-electron chi connectivity index (χ4n) is 3.15. The molecule has 0 radical (unpaired) electrons. The summed E-state index contributed by atoms with van der Waals surface area (Å²) in [5.74, 6) is -0.455. The molecule has 0 aromatic heterocycles. The van der Waals surface area contributed by atoms with Crippen molar-refractivity contribution in [3.63, 3.8) is 0 Å². The summed E-state index contributed by atoms with van der Waals surface area (Å²) in [6.07, 6.45) is 16.3. The lowest BCUT2D eigenvalue weighted by atomic mass is 10.1. The number of aliphatic hydroxyl groups excluding tert-OH is 3. The van der Waals surface area contributed by atoms with Gasteiger partial charge in [-0.1, -0.05) is 63.3 Å². The average molecular weight is 413 g/mol. The third-order valence-electron chi connectivity index (χ3n) is 5.03. The molecular formula is C23H40O6. The van der Waals surface area contributed by atoms with Gasteiger partial charge < -0.3 is 24.8 Å². The minimum atomic E-state index is -1.42. The molecule has 168 valence electrons.